The van der Waals surface area contributed by atoms with Gasteiger partial charge in [0.25, 0.3) is 0 Å². The molecule has 0 aliphatic rings. The van der Waals surface area contributed by atoms with Crippen molar-refractivity contribution in [2.24, 2.45) is 0 Å². The lowest BCUT2D eigenvalue weighted by Crippen LogP contribution is -2.14. The molecule has 5 nitrogen and oxygen atoms in total. The van der Waals surface area contributed by atoms with Crippen LogP contribution in [0.2, 0.25) is 0 Å². The number of halogens is 2. The molecule has 0 aliphatic carbocycles. The van der Waals surface area contributed by atoms with E-state index in [2.05, 4.69) is 6.58 Å². The largest absolute Gasteiger partial charge is 0.506 e. The summed E-state index contributed by atoms with van der Waals surface area (Å²) < 4.78 is 11.1. The first-order valence-corrected chi connectivity index (χ1v) is 7.66. The molecule has 0 aromatic heterocycles. The fraction of sp³-hybridized carbons (Fsp3) is 0.231. The van der Waals surface area contributed by atoms with Gasteiger partial charge in [-0.05, 0) is 64.2 Å². The summed E-state index contributed by atoms with van der Waals surface area (Å²) in [6.07, 6.45) is 0. The average Bonchev–Trinajstić information content (AvgIpc) is 2.38. The van der Waals surface area contributed by atoms with Crippen LogP contribution in [0.15, 0.2) is 24.3 Å². The first kappa shape index (κ1) is 17.2. The van der Waals surface area contributed by atoms with Crippen LogP contribution in [-0.2, 0) is 14.3 Å². The van der Waals surface area contributed by atoms with E-state index >= 15 is 0 Å². The minimum absolute atomic E-state index is 0.0563. The lowest BCUT2D eigenvalue weighted by Gasteiger charge is -2.08. The van der Waals surface area contributed by atoms with Gasteiger partial charge in [0.2, 0.25) is 0 Å². The van der Waals surface area contributed by atoms with Gasteiger partial charge >= 0.3 is 11.9 Å². The van der Waals surface area contributed by atoms with Gasteiger partial charge in [0.15, 0.2) is 0 Å². The van der Waals surface area contributed by atoms with Crippen LogP contribution < -0.4 is 0 Å². The first-order valence-electron chi connectivity index (χ1n) is 5.50. The van der Waals surface area contributed by atoms with E-state index in [0.717, 1.165) is 3.57 Å². The lowest BCUT2D eigenvalue weighted by atomic mass is 10.2. The van der Waals surface area contributed by atoms with E-state index in [1.807, 2.05) is 45.2 Å². The van der Waals surface area contributed by atoms with Gasteiger partial charge in [0, 0.05) is 9.14 Å². The Kier molecular flexibility index (Phi) is 6.72. The SMILES string of the molecule is C=C(C)C(=O)OCCOC(=O)c1cc(I)cc(I)c1O. The highest BCUT2D eigenvalue weighted by Crippen LogP contribution is 2.27. The molecule has 1 N–H and O–H groups in total. The van der Waals surface area contributed by atoms with Crippen LogP contribution in [0.5, 0.6) is 5.75 Å². The molecule has 7 heteroatoms. The van der Waals surface area contributed by atoms with Crippen molar-refractivity contribution in [1.82, 2.24) is 0 Å². The van der Waals surface area contributed by atoms with E-state index in [9.17, 15) is 14.7 Å². The minimum atomic E-state index is -0.662. The van der Waals surface area contributed by atoms with Gasteiger partial charge in [0.1, 0.15) is 24.5 Å². The quantitative estimate of drug-likeness (QED) is 0.291. The Morgan fingerprint density at radius 2 is 1.85 bits per heavy atom. The molecule has 0 spiro atoms. The molecule has 0 heterocycles. The molecule has 0 radical (unpaired) electrons. The first-order chi connectivity index (χ1) is 9.32. The molecule has 0 atom stereocenters. The zero-order chi connectivity index (χ0) is 15.3. The highest BCUT2D eigenvalue weighted by Gasteiger charge is 2.16. The van der Waals surface area contributed by atoms with Crippen molar-refractivity contribution in [3.63, 3.8) is 0 Å². The maximum atomic E-state index is 11.8. The molecule has 1 rings (SSSR count). The normalized spacial score (nSPS) is 9.95. The van der Waals surface area contributed by atoms with Gasteiger partial charge in [-0.3, -0.25) is 0 Å². The van der Waals surface area contributed by atoms with Crippen molar-refractivity contribution in [1.29, 1.82) is 0 Å². The Hall–Kier alpha value is -0.840. The Morgan fingerprint density at radius 1 is 1.25 bits per heavy atom. The summed E-state index contributed by atoms with van der Waals surface area (Å²) in [6, 6.07) is 3.27. The van der Waals surface area contributed by atoms with E-state index < -0.39 is 11.9 Å². The number of phenols is 1. The van der Waals surface area contributed by atoms with Gasteiger partial charge in [0.05, 0.1) is 3.57 Å². The fourth-order valence-corrected chi connectivity index (χ4v) is 3.04. The number of carbonyl (C=O) groups is 2. The molecule has 0 fully saturated rings. The molecule has 0 bridgehead atoms. The summed E-state index contributed by atoms with van der Waals surface area (Å²) in [6.45, 7) is 4.82. The number of hydrogen-bond donors (Lipinski definition) is 1. The van der Waals surface area contributed by atoms with E-state index in [1.165, 1.54) is 13.0 Å². The molecule has 1 aromatic carbocycles. The van der Waals surface area contributed by atoms with Crippen molar-refractivity contribution >= 4 is 57.1 Å². The summed E-state index contributed by atoms with van der Waals surface area (Å²) in [7, 11) is 0. The predicted molar refractivity (Wildman–Crippen MR) is 89.6 cm³/mol. The second-order valence-electron chi connectivity index (χ2n) is 3.84. The predicted octanol–water partition coefficient (Wildman–Crippen LogP) is 2.88. The number of esters is 2. The topological polar surface area (TPSA) is 72.8 Å². The van der Waals surface area contributed by atoms with Gasteiger partial charge in [-0.2, -0.15) is 0 Å². The van der Waals surface area contributed by atoms with Crippen LogP contribution in [0.3, 0.4) is 0 Å². The molecule has 108 valence electrons. The third kappa shape index (κ3) is 4.93. The Morgan fingerprint density at radius 3 is 2.45 bits per heavy atom. The third-order valence-corrected chi connectivity index (χ3v) is 3.59. The van der Waals surface area contributed by atoms with E-state index in [1.54, 1.807) is 6.07 Å². The molecule has 0 amide bonds. The Labute approximate surface area is 143 Å². The lowest BCUT2D eigenvalue weighted by molar-refractivity contribution is -0.140. The van der Waals surface area contributed by atoms with Crippen molar-refractivity contribution in [2.45, 2.75) is 6.92 Å². The monoisotopic (exact) mass is 502 g/mol. The van der Waals surface area contributed by atoms with Crippen molar-refractivity contribution in [3.05, 3.63) is 37.0 Å². The van der Waals surface area contributed by atoms with Crippen LogP contribution in [0.25, 0.3) is 0 Å². The molecule has 0 aliphatic heterocycles. The molecule has 1 aromatic rings. The molecule has 0 saturated heterocycles. The molecule has 0 unspecified atom stereocenters. The molecular formula is C13H12I2O5. The Balaban J connectivity index is 2.56. The average molecular weight is 502 g/mol. The van der Waals surface area contributed by atoms with Gasteiger partial charge in [-0.25, -0.2) is 9.59 Å². The maximum Gasteiger partial charge on any atom is 0.342 e. The second kappa shape index (κ2) is 7.81. The van der Waals surface area contributed by atoms with Crippen molar-refractivity contribution < 1.29 is 24.2 Å². The molecule has 20 heavy (non-hydrogen) atoms. The van der Waals surface area contributed by atoms with Crippen LogP contribution in [0.4, 0.5) is 0 Å². The Bertz CT molecular complexity index is 554. The molecular weight excluding hydrogens is 490 g/mol. The zero-order valence-corrected chi connectivity index (χ0v) is 14.9. The zero-order valence-electron chi connectivity index (χ0n) is 10.6. The van der Waals surface area contributed by atoms with Gasteiger partial charge < -0.3 is 14.6 Å². The van der Waals surface area contributed by atoms with Crippen LogP contribution >= 0.6 is 45.2 Å². The number of carbonyl (C=O) groups excluding carboxylic acids is 2. The third-order valence-electron chi connectivity index (χ3n) is 2.15. The number of benzene rings is 1. The standard InChI is InChI=1S/C13H12I2O5/c1-7(2)12(17)19-3-4-20-13(18)9-5-8(14)6-10(15)11(9)16/h5-6,16H,1,3-4H2,2H3. The maximum absolute atomic E-state index is 11.8. The highest BCUT2D eigenvalue weighted by atomic mass is 127. The summed E-state index contributed by atoms with van der Waals surface area (Å²) in [5, 5.41) is 9.80. The van der Waals surface area contributed by atoms with E-state index in [4.69, 9.17) is 9.47 Å². The number of phenolic OH excluding ortho intramolecular Hbond substituents is 1. The summed E-state index contributed by atoms with van der Waals surface area (Å²) in [5.41, 5.74) is 0.369. The van der Waals surface area contributed by atoms with Crippen LogP contribution in [-0.4, -0.2) is 30.3 Å². The number of rotatable bonds is 5. The van der Waals surface area contributed by atoms with Crippen molar-refractivity contribution in [2.75, 3.05) is 13.2 Å². The van der Waals surface area contributed by atoms with Crippen LogP contribution in [0.1, 0.15) is 17.3 Å². The summed E-state index contributed by atoms with van der Waals surface area (Å²) in [4.78, 5) is 22.9. The van der Waals surface area contributed by atoms with Gasteiger partial charge in [-0.15, -0.1) is 0 Å². The number of aromatic hydroxyl groups is 1. The van der Waals surface area contributed by atoms with Crippen molar-refractivity contribution in [3.8, 4) is 5.75 Å². The fourth-order valence-electron chi connectivity index (χ4n) is 1.19. The minimum Gasteiger partial charge on any atom is -0.506 e. The van der Waals surface area contributed by atoms with Crippen LogP contribution in [0, 0.1) is 7.14 Å². The van der Waals surface area contributed by atoms with Gasteiger partial charge in [-0.1, -0.05) is 6.58 Å². The second-order valence-corrected chi connectivity index (χ2v) is 6.24. The summed E-state index contributed by atoms with van der Waals surface area (Å²) >= 11 is 3.97. The number of ether oxygens (including phenoxy) is 2. The molecule has 0 saturated carbocycles. The number of hydrogen-bond acceptors (Lipinski definition) is 5. The van der Waals surface area contributed by atoms with E-state index in [-0.39, 0.29) is 30.1 Å². The summed E-state index contributed by atoms with van der Waals surface area (Å²) in [5.74, 6) is -1.31. The highest BCUT2D eigenvalue weighted by molar-refractivity contribution is 14.1. The smallest absolute Gasteiger partial charge is 0.342 e. The van der Waals surface area contributed by atoms with E-state index in [0.29, 0.717) is 3.57 Å².